The lowest BCUT2D eigenvalue weighted by Gasteiger charge is -2.33. The van der Waals surface area contributed by atoms with Crippen molar-refractivity contribution in [2.75, 3.05) is 13.2 Å². The number of nitrogens with two attached hydrogens (primary N) is 1. The zero-order chi connectivity index (χ0) is 13.7. The number of amides is 2. The van der Waals surface area contributed by atoms with Gasteiger partial charge in [-0.2, -0.15) is 0 Å². The lowest BCUT2D eigenvalue weighted by atomic mass is 9.90. The van der Waals surface area contributed by atoms with Crippen LogP contribution >= 0.6 is 12.2 Å². The van der Waals surface area contributed by atoms with Crippen LogP contribution in [-0.2, 0) is 4.74 Å². The van der Waals surface area contributed by atoms with Crippen LogP contribution in [0.1, 0.15) is 44.9 Å². The molecule has 0 bridgehead atoms. The molecule has 1 heterocycles. The predicted molar refractivity (Wildman–Crippen MR) is 78.1 cm³/mol. The molecule has 0 aromatic heterocycles. The maximum atomic E-state index is 12.1. The summed E-state index contributed by atoms with van der Waals surface area (Å²) in [6, 6.07) is -0.0700. The van der Waals surface area contributed by atoms with E-state index >= 15 is 0 Å². The molecule has 2 fully saturated rings. The number of ether oxygens (including phenoxy) is 1. The Morgan fingerprint density at radius 3 is 2.47 bits per heavy atom. The molecule has 1 saturated heterocycles. The van der Waals surface area contributed by atoms with Gasteiger partial charge in [0.15, 0.2) is 0 Å². The van der Waals surface area contributed by atoms with Gasteiger partial charge in [0.05, 0.1) is 23.2 Å². The zero-order valence-electron chi connectivity index (χ0n) is 11.2. The smallest absolute Gasteiger partial charge is 0.315 e. The zero-order valence-corrected chi connectivity index (χ0v) is 12.1. The van der Waals surface area contributed by atoms with Crippen LogP contribution in [0.25, 0.3) is 0 Å². The van der Waals surface area contributed by atoms with Gasteiger partial charge in [-0.3, -0.25) is 0 Å². The minimum Gasteiger partial charge on any atom is -0.391 e. The van der Waals surface area contributed by atoms with Crippen LogP contribution in [-0.4, -0.2) is 35.8 Å². The molecule has 19 heavy (non-hydrogen) atoms. The van der Waals surface area contributed by atoms with E-state index < -0.39 is 5.54 Å². The first kappa shape index (κ1) is 14.5. The number of urea groups is 1. The highest BCUT2D eigenvalue weighted by molar-refractivity contribution is 7.80. The Kier molecular flexibility index (Phi) is 4.99. The monoisotopic (exact) mass is 285 g/mol. The van der Waals surface area contributed by atoms with E-state index in [1.54, 1.807) is 0 Å². The quantitative estimate of drug-likeness (QED) is 0.542. The van der Waals surface area contributed by atoms with Gasteiger partial charge in [-0.05, 0) is 19.3 Å². The minimum absolute atomic E-state index is 0.106. The van der Waals surface area contributed by atoms with Crippen LogP contribution in [0.5, 0.6) is 0 Å². The summed E-state index contributed by atoms with van der Waals surface area (Å²) in [6.07, 6.45) is 7.05. The van der Waals surface area contributed by atoms with Crippen LogP contribution in [0.2, 0.25) is 0 Å². The molecular formula is C13H23N3O2S. The standard InChI is InChI=1S/C13H23N3O2S/c14-11(19)13(6-3-1-2-4-7-13)16-12(17)15-10-5-8-18-9-10/h10H,1-9H2,(H2,14,19)(H2,15,16,17). The predicted octanol–water partition coefficient (Wildman–Crippen LogP) is 1.45. The molecule has 2 rings (SSSR count). The van der Waals surface area contributed by atoms with Gasteiger partial charge >= 0.3 is 6.03 Å². The van der Waals surface area contributed by atoms with Crippen LogP contribution < -0.4 is 16.4 Å². The normalized spacial score (nSPS) is 26.4. The van der Waals surface area contributed by atoms with E-state index in [1.807, 2.05) is 0 Å². The molecule has 1 unspecified atom stereocenters. The molecule has 6 heteroatoms. The molecule has 5 nitrogen and oxygen atoms in total. The summed E-state index contributed by atoms with van der Waals surface area (Å²) in [7, 11) is 0. The number of hydrogen-bond donors (Lipinski definition) is 3. The lowest BCUT2D eigenvalue weighted by Crippen LogP contribution is -2.59. The summed E-state index contributed by atoms with van der Waals surface area (Å²) in [5.41, 5.74) is 5.39. The second-order valence-corrected chi connectivity index (χ2v) is 5.96. The third kappa shape index (κ3) is 3.79. The lowest BCUT2D eigenvalue weighted by molar-refractivity contribution is 0.187. The summed E-state index contributed by atoms with van der Waals surface area (Å²) in [4.78, 5) is 12.5. The summed E-state index contributed by atoms with van der Waals surface area (Å²) >= 11 is 5.20. The van der Waals surface area contributed by atoms with Gasteiger partial charge in [-0.15, -0.1) is 0 Å². The summed E-state index contributed by atoms with van der Waals surface area (Å²) in [6.45, 7) is 1.30. The van der Waals surface area contributed by atoms with Crippen molar-refractivity contribution >= 4 is 23.2 Å². The molecule has 1 atom stereocenters. The fourth-order valence-corrected chi connectivity index (χ4v) is 3.11. The number of thiocarbonyl (C=S) groups is 1. The highest BCUT2D eigenvalue weighted by Gasteiger charge is 2.36. The summed E-state index contributed by atoms with van der Waals surface area (Å²) in [5, 5.41) is 5.96. The van der Waals surface area contributed by atoms with Crippen molar-refractivity contribution in [2.45, 2.75) is 56.5 Å². The molecule has 1 aliphatic carbocycles. The Bertz CT molecular complexity index is 335. The average Bonchev–Trinajstić information content (AvgIpc) is 2.73. The van der Waals surface area contributed by atoms with Crippen molar-refractivity contribution in [3.63, 3.8) is 0 Å². The van der Waals surface area contributed by atoms with Gasteiger partial charge in [-0.1, -0.05) is 37.9 Å². The fourth-order valence-electron chi connectivity index (χ4n) is 2.85. The number of hydrogen-bond acceptors (Lipinski definition) is 3. The second kappa shape index (κ2) is 6.52. The van der Waals surface area contributed by atoms with E-state index in [2.05, 4.69) is 10.6 Å². The van der Waals surface area contributed by atoms with Gasteiger partial charge in [0.1, 0.15) is 0 Å². The Morgan fingerprint density at radius 1 is 1.26 bits per heavy atom. The van der Waals surface area contributed by atoms with Crippen LogP contribution in [0.3, 0.4) is 0 Å². The van der Waals surface area contributed by atoms with E-state index in [0.717, 1.165) is 32.1 Å². The van der Waals surface area contributed by atoms with Crippen molar-refractivity contribution in [1.29, 1.82) is 0 Å². The number of rotatable bonds is 3. The minimum atomic E-state index is -0.505. The maximum Gasteiger partial charge on any atom is 0.315 e. The van der Waals surface area contributed by atoms with Gasteiger partial charge < -0.3 is 21.1 Å². The van der Waals surface area contributed by atoms with Crippen molar-refractivity contribution < 1.29 is 9.53 Å². The van der Waals surface area contributed by atoms with Crippen molar-refractivity contribution in [3.8, 4) is 0 Å². The number of carbonyl (C=O) groups is 1. The third-order valence-electron chi connectivity index (χ3n) is 4.05. The van der Waals surface area contributed by atoms with Gasteiger partial charge in [0.2, 0.25) is 0 Å². The molecule has 0 radical (unpaired) electrons. The second-order valence-electron chi connectivity index (χ2n) is 5.52. The molecule has 1 aliphatic heterocycles. The molecule has 2 amide bonds. The summed E-state index contributed by atoms with van der Waals surface area (Å²) < 4.78 is 5.25. The topological polar surface area (TPSA) is 76.4 Å². The summed E-state index contributed by atoms with van der Waals surface area (Å²) in [5.74, 6) is 0. The molecule has 4 N–H and O–H groups in total. The Labute approximate surface area is 119 Å². The van der Waals surface area contributed by atoms with Gasteiger partial charge in [0, 0.05) is 6.61 Å². The van der Waals surface area contributed by atoms with E-state index in [9.17, 15) is 4.79 Å². The van der Waals surface area contributed by atoms with Crippen molar-refractivity contribution in [1.82, 2.24) is 10.6 Å². The number of nitrogens with one attached hydrogen (secondary N) is 2. The Morgan fingerprint density at radius 2 is 1.95 bits per heavy atom. The van der Waals surface area contributed by atoms with Crippen LogP contribution in [0, 0.1) is 0 Å². The van der Waals surface area contributed by atoms with Crippen molar-refractivity contribution in [3.05, 3.63) is 0 Å². The van der Waals surface area contributed by atoms with E-state index in [1.165, 1.54) is 12.8 Å². The fraction of sp³-hybridized carbons (Fsp3) is 0.846. The number of carbonyl (C=O) groups excluding carboxylic acids is 1. The molecule has 0 aromatic rings. The largest absolute Gasteiger partial charge is 0.391 e. The SMILES string of the molecule is NC(=S)C1(NC(=O)NC2CCOC2)CCCCCC1. The van der Waals surface area contributed by atoms with Gasteiger partial charge in [-0.25, -0.2) is 4.79 Å². The Balaban J connectivity index is 1.94. The average molecular weight is 285 g/mol. The van der Waals surface area contributed by atoms with Gasteiger partial charge in [0.25, 0.3) is 0 Å². The highest BCUT2D eigenvalue weighted by atomic mass is 32.1. The third-order valence-corrected chi connectivity index (χ3v) is 4.44. The maximum absolute atomic E-state index is 12.1. The van der Waals surface area contributed by atoms with E-state index in [0.29, 0.717) is 18.2 Å². The first-order chi connectivity index (χ1) is 9.12. The molecule has 0 spiro atoms. The molecular weight excluding hydrogens is 262 g/mol. The molecule has 1 saturated carbocycles. The van der Waals surface area contributed by atoms with Crippen LogP contribution in [0.4, 0.5) is 4.79 Å². The first-order valence-corrected chi connectivity index (χ1v) is 7.49. The molecule has 2 aliphatic rings. The molecule has 108 valence electrons. The highest BCUT2D eigenvalue weighted by Crippen LogP contribution is 2.27. The Hall–Kier alpha value is -0.880. The van der Waals surface area contributed by atoms with E-state index in [4.69, 9.17) is 22.7 Å². The first-order valence-electron chi connectivity index (χ1n) is 7.09. The van der Waals surface area contributed by atoms with E-state index in [-0.39, 0.29) is 12.1 Å². The van der Waals surface area contributed by atoms with Crippen molar-refractivity contribution in [2.24, 2.45) is 5.73 Å². The van der Waals surface area contributed by atoms with Crippen LogP contribution in [0.15, 0.2) is 0 Å². The molecule has 0 aromatic carbocycles.